The second-order valence-electron chi connectivity index (χ2n) is 4.28. The van der Waals surface area contributed by atoms with Crippen molar-refractivity contribution in [3.8, 4) is 0 Å². The average molecular weight is 163 g/mol. The molecular formula is C10H13NO. The van der Waals surface area contributed by atoms with Crippen LogP contribution in [0.2, 0.25) is 0 Å². The highest BCUT2D eigenvalue weighted by Gasteiger charge is 2.28. The van der Waals surface area contributed by atoms with Gasteiger partial charge in [-0.1, -0.05) is 19.9 Å². The maximum Gasteiger partial charge on any atom is 0.250 e. The van der Waals surface area contributed by atoms with Crippen LogP contribution in [0, 0.1) is 5.41 Å². The molecule has 0 spiro atoms. The molecule has 64 valence electrons. The normalized spacial score (nSPS) is 19.2. The molecule has 2 heteroatoms. The van der Waals surface area contributed by atoms with E-state index in [-0.39, 0.29) is 11.0 Å². The third-order valence-corrected chi connectivity index (χ3v) is 2.39. The second kappa shape index (κ2) is 2.22. The lowest BCUT2D eigenvalue weighted by atomic mass is 9.91. The van der Waals surface area contributed by atoms with E-state index in [0.29, 0.717) is 0 Å². The minimum absolute atomic E-state index is 0.137. The zero-order valence-corrected chi connectivity index (χ0v) is 7.50. The number of hydrogen-bond acceptors (Lipinski definition) is 1. The van der Waals surface area contributed by atoms with Crippen molar-refractivity contribution in [3.05, 3.63) is 34.2 Å². The molecule has 0 saturated carbocycles. The Morgan fingerprint density at radius 3 is 2.83 bits per heavy atom. The third kappa shape index (κ3) is 1.07. The summed E-state index contributed by atoms with van der Waals surface area (Å²) in [6.45, 7) is 5.25. The predicted molar refractivity (Wildman–Crippen MR) is 48.2 cm³/mol. The Kier molecular flexibility index (Phi) is 1.40. The van der Waals surface area contributed by atoms with Gasteiger partial charge in [0.15, 0.2) is 0 Å². The Labute approximate surface area is 71.8 Å². The Bertz CT molecular complexity index is 362. The molecule has 0 bridgehead atoms. The molecule has 2 rings (SSSR count). The summed E-state index contributed by atoms with van der Waals surface area (Å²) in [7, 11) is 0. The first-order valence-electron chi connectivity index (χ1n) is 4.27. The quantitative estimate of drug-likeness (QED) is 0.567. The van der Waals surface area contributed by atoms with E-state index < -0.39 is 0 Å². The maximum absolute atomic E-state index is 11.4. The Morgan fingerprint density at radius 1 is 1.42 bits per heavy atom. The lowest BCUT2D eigenvalue weighted by Crippen LogP contribution is -2.20. The zero-order chi connectivity index (χ0) is 8.77. The van der Waals surface area contributed by atoms with Gasteiger partial charge in [0.1, 0.15) is 0 Å². The molecule has 0 fully saturated rings. The SMILES string of the molecule is CC1(C)Cc2cccc(=O)n2C1. The molecule has 0 N–H and O–H groups in total. The monoisotopic (exact) mass is 163 g/mol. The van der Waals surface area contributed by atoms with E-state index in [1.165, 1.54) is 5.69 Å². The molecular weight excluding hydrogens is 150 g/mol. The van der Waals surface area contributed by atoms with Crippen LogP contribution >= 0.6 is 0 Å². The first-order chi connectivity index (χ1) is 5.58. The van der Waals surface area contributed by atoms with Crippen molar-refractivity contribution in [1.82, 2.24) is 4.57 Å². The standard InChI is InChI=1S/C10H13NO/c1-10(2)6-8-4-3-5-9(12)11(8)7-10/h3-5H,6-7H2,1-2H3. The van der Waals surface area contributed by atoms with E-state index in [1.54, 1.807) is 6.07 Å². The fourth-order valence-electron chi connectivity index (χ4n) is 1.87. The van der Waals surface area contributed by atoms with Gasteiger partial charge in [0, 0.05) is 18.3 Å². The maximum atomic E-state index is 11.4. The van der Waals surface area contributed by atoms with Gasteiger partial charge in [0.05, 0.1) is 0 Å². The van der Waals surface area contributed by atoms with Gasteiger partial charge < -0.3 is 4.57 Å². The van der Waals surface area contributed by atoms with Crippen LogP contribution in [-0.4, -0.2) is 4.57 Å². The average Bonchev–Trinajstić information content (AvgIpc) is 2.25. The topological polar surface area (TPSA) is 22.0 Å². The van der Waals surface area contributed by atoms with Crippen LogP contribution in [-0.2, 0) is 13.0 Å². The van der Waals surface area contributed by atoms with Crippen molar-refractivity contribution >= 4 is 0 Å². The van der Waals surface area contributed by atoms with Crippen molar-refractivity contribution in [2.45, 2.75) is 26.8 Å². The van der Waals surface area contributed by atoms with Crippen molar-refractivity contribution < 1.29 is 0 Å². The van der Waals surface area contributed by atoms with Crippen molar-refractivity contribution in [1.29, 1.82) is 0 Å². The molecule has 12 heavy (non-hydrogen) atoms. The van der Waals surface area contributed by atoms with E-state index in [0.717, 1.165) is 13.0 Å². The molecule has 0 aliphatic carbocycles. The fraction of sp³-hybridized carbons (Fsp3) is 0.500. The number of rotatable bonds is 0. The first-order valence-corrected chi connectivity index (χ1v) is 4.27. The van der Waals surface area contributed by atoms with Gasteiger partial charge in [-0.25, -0.2) is 0 Å². The molecule has 0 atom stereocenters. The molecule has 0 saturated heterocycles. The summed E-state index contributed by atoms with van der Waals surface area (Å²) < 4.78 is 1.88. The van der Waals surface area contributed by atoms with Gasteiger partial charge in [0.25, 0.3) is 5.56 Å². The molecule has 0 radical (unpaired) electrons. The van der Waals surface area contributed by atoms with E-state index in [2.05, 4.69) is 13.8 Å². The van der Waals surface area contributed by atoms with Gasteiger partial charge in [-0.15, -0.1) is 0 Å². The first kappa shape index (κ1) is 7.59. The summed E-state index contributed by atoms with van der Waals surface area (Å²) in [6.07, 6.45) is 1.02. The van der Waals surface area contributed by atoms with E-state index in [9.17, 15) is 4.79 Å². The Morgan fingerprint density at radius 2 is 2.17 bits per heavy atom. The number of aromatic nitrogens is 1. The van der Waals surface area contributed by atoms with Crippen LogP contribution in [0.25, 0.3) is 0 Å². The molecule has 1 aromatic heterocycles. The summed E-state index contributed by atoms with van der Waals surface area (Å²) in [5.41, 5.74) is 1.57. The molecule has 1 aliphatic heterocycles. The van der Waals surface area contributed by atoms with Crippen LogP contribution in [0.3, 0.4) is 0 Å². The van der Waals surface area contributed by atoms with Gasteiger partial charge in [0.2, 0.25) is 0 Å². The largest absolute Gasteiger partial charge is 0.312 e. The number of hydrogen-bond donors (Lipinski definition) is 0. The lowest BCUT2D eigenvalue weighted by molar-refractivity contribution is 0.357. The van der Waals surface area contributed by atoms with E-state index in [4.69, 9.17) is 0 Å². The highest BCUT2D eigenvalue weighted by atomic mass is 16.1. The van der Waals surface area contributed by atoms with Crippen LogP contribution in [0.4, 0.5) is 0 Å². The Balaban J connectivity index is 2.56. The number of nitrogens with zero attached hydrogens (tertiary/aromatic N) is 1. The molecule has 2 nitrogen and oxygen atoms in total. The molecule has 1 aromatic rings. The lowest BCUT2D eigenvalue weighted by Gasteiger charge is -2.13. The smallest absolute Gasteiger partial charge is 0.250 e. The summed E-state index contributed by atoms with van der Waals surface area (Å²) in [6, 6.07) is 5.51. The fourth-order valence-corrected chi connectivity index (χ4v) is 1.87. The predicted octanol–water partition coefficient (Wildman–Crippen LogP) is 1.43. The van der Waals surface area contributed by atoms with Gasteiger partial charge in [-0.2, -0.15) is 0 Å². The van der Waals surface area contributed by atoms with Crippen molar-refractivity contribution in [2.24, 2.45) is 5.41 Å². The van der Waals surface area contributed by atoms with Gasteiger partial charge >= 0.3 is 0 Å². The number of pyridine rings is 1. The van der Waals surface area contributed by atoms with Gasteiger partial charge in [-0.3, -0.25) is 4.79 Å². The van der Waals surface area contributed by atoms with Crippen LogP contribution < -0.4 is 5.56 Å². The van der Waals surface area contributed by atoms with Crippen molar-refractivity contribution in [2.75, 3.05) is 0 Å². The van der Waals surface area contributed by atoms with Crippen molar-refractivity contribution in [3.63, 3.8) is 0 Å². The van der Waals surface area contributed by atoms with Gasteiger partial charge in [-0.05, 0) is 17.9 Å². The number of fused-ring (bicyclic) bond motifs is 1. The molecule has 2 heterocycles. The minimum Gasteiger partial charge on any atom is -0.312 e. The molecule has 0 amide bonds. The molecule has 0 aromatic carbocycles. The van der Waals surface area contributed by atoms with Crippen LogP contribution in [0.1, 0.15) is 19.5 Å². The summed E-state index contributed by atoms with van der Waals surface area (Å²) >= 11 is 0. The molecule has 0 unspecified atom stereocenters. The zero-order valence-electron chi connectivity index (χ0n) is 7.50. The summed E-state index contributed by atoms with van der Waals surface area (Å²) in [5, 5.41) is 0. The summed E-state index contributed by atoms with van der Waals surface area (Å²) in [5.74, 6) is 0. The Hall–Kier alpha value is -1.05. The summed E-state index contributed by atoms with van der Waals surface area (Å²) in [4.78, 5) is 11.4. The van der Waals surface area contributed by atoms with E-state index >= 15 is 0 Å². The van der Waals surface area contributed by atoms with Crippen LogP contribution in [0.5, 0.6) is 0 Å². The third-order valence-electron chi connectivity index (χ3n) is 2.39. The van der Waals surface area contributed by atoms with E-state index in [1.807, 2.05) is 16.7 Å². The highest BCUT2D eigenvalue weighted by molar-refractivity contribution is 5.13. The minimum atomic E-state index is 0.137. The highest BCUT2D eigenvalue weighted by Crippen LogP contribution is 2.29. The second-order valence-corrected chi connectivity index (χ2v) is 4.28. The molecule has 1 aliphatic rings. The van der Waals surface area contributed by atoms with Crippen LogP contribution in [0.15, 0.2) is 23.0 Å².